The molecule has 3 nitrogen and oxygen atoms in total. The Balaban J connectivity index is 1.62. The Hall–Kier alpha value is -0.900. The van der Waals surface area contributed by atoms with E-state index < -0.39 is 0 Å². The second-order valence-corrected chi connectivity index (χ2v) is 6.38. The van der Waals surface area contributed by atoms with Gasteiger partial charge in [-0.2, -0.15) is 0 Å². The SMILES string of the molecule is OCCN1CC(NCC2CC2)CC(c2ccccc2)C1. The van der Waals surface area contributed by atoms with Crippen LogP contribution in [0, 0.1) is 5.92 Å². The van der Waals surface area contributed by atoms with Crippen LogP contribution in [-0.2, 0) is 0 Å². The average Bonchev–Trinajstić information content (AvgIpc) is 3.30. The van der Waals surface area contributed by atoms with Gasteiger partial charge in [-0.25, -0.2) is 0 Å². The van der Waals surface area contributed by atoms with Crippen molar-refractivity contribution in [3.63, 3.8) is 0 Å². The van der Waals surface area contributed by atoms with Crippen LogP contribution >= 0.6 is 0 Å². The minimum Gasteiger partial charge on any atom is -0.395 e. The number of benzene rings is 1. The lowest BCUT2D eigenvalue weighted by Crippen LogP contribution is -2.49. The number of β-amino-alcohol motifs (C(OH)–C–C–N with tert-alkyl or cyclic N) is 1. The van der Waals surface area contributed by atoms with Gasteiger partial charge < -0.3 is 10.4 Å². The van der Waals surface area contributed by atoms with Crippen LogP contribution in [0.25, 0.3) is 0 Å². The van der Waals surface area contributed by atoms with Crippen LogP contribution in [0.1, 0.15) is 30.7 Å². The number of nitrogens with one attached hydrogen (secondary N) is 1. The zero-order chi connectivity index (χ0) is 13.8. The van der Waals surface area contributed by atoms with Gasteiger partial charge in [0.25, 0.3) is 0 Å². The number of likely N-dealkylation sites (tertiary alicyclic amines) is 1. The first-order valence-corrected chi connectivity index (χ1v) is 7.96. The standard InChI is InChI=1S/C17H26N2O/c20-9-8-19-12-16(15-4-2-1-3-5-15)10-17(13-19)18-11-14-6-7-14/h1-5,14,16-18,20H,6-13H2. The molecule has 0 aromatic heterocycles. The van der Waals surface area contributed by atoms with Gasteiger partial charge in [0.05, 0.1) is 6.61 Å². The largest absolute Gasteiger partial charge is 0.395 e. The van der Waals surface area contributed by atoms with Gasteiger partial charge in [-0.05, 0) is 43.2 Å². The van der Waals surface area contributed by atoms with Crippen molar-refractivity contribution < 1.29 is 5.11 Å². The Labute approximate surface area is 122 Å². The second-order valence-electron chi connectivity index (χ2n) is 6.38. The third kappa shape index (κ3) is 3.81. The van der Waals surface area contributed by atoms with E-state index in [4.69, 9.17) is 0 Å². The van der Waals surface area contributed by atoms with Crippen LogP contribution in [0.4, 0.5) is 0 Å². The molecule has 20 heavy (non-hydrogen) atoms. The molecule has 110 valence electrons. The zero-order valence-electron chi connectivity index (χ0n) is 12.2. The zero-order valence-corrected chi connectivity index (χ0v) is 12.2. The Kier molecular flexibility index (Phi) is 4.71. The molecule has 1 aromatic carbocycles. The maximum Gasteiger partial charge on any atom is 0.0558 e. The minimum absolute atomic E-state index is 0.261. The molecule has 3 rings (SSSR count). The summed E-state index contributed by atoms with van der Waals surface area (Å²) in [6, 6.07) is 11.4. The lowest BCUT2D eigenvalue weighted by molar-refractivity contribution is 0.138. The van der Waals surface area contributed by atoms with E-state index in [1.54, 1.807) is 0 Å². The summed E-state index contributed by atoms with van der Waals surface area (Å²) in [7, 11) is 0. The third-order valence-electron chi connectivity index (χ3n) is 4.61. The number of hydrogen-bond donors (Lipinski definition) is 2. The van der Waals surface area contributed by atoms with Crippen molar-refractivity contribution in [1.29, 1.82) is 0 Å². The molecule has 2 unspecified atom stereocenters. The van der Waals surface area contributed by atoms with E-state index in [1.165, 1.54) is 31.4 Å². The smallest absolute Gasteiger partial charge is 0.0558 e. The first-order valence-electron chi connectivity index (χ1n) is 7.96. The topological polar surface area (TPSA) is 35.5 Å². The van der Waals surface area contributed by atoms with Crippen molar-refractivity contribution in [2.24, 2.45) is 5.92 Å². The van der Waals surface area contributed by atoms with Gasteiger partial charge in [0.2, 0.25) is 0 Å². The number of rotatable bonds is 6. The summed E-state index contributed by atoms with van der Waals surface area (Å²) in [5.74, 6) is 1.52. The van der Waals surface area contributed by atoms with Gasteiger partial charge in [0.15, 0.2) is 0 Å². The highest BCUT2D eigenvalue weighted by Crippen LogP contribution is 2.30. The summed E-state index contributed by atoms with van der Waals surface area (Å²) >= 11 is 0. The van der Waals surface area contributed by atoms with E-state index in [1.807, 2.05) is 0 Å². The summed E-state index contributed by atoms with van der Waals surface area (Å²) in [6.07, 6.45) is 4.03. The molecule has 0 spiro atoms. The maximum atomic E-state index is 9.23. The highest BCUT2D eigenvalue weighted by atomic mass is 16.3. The molecule has 1 aromatic rings. The summed E-state index contributed by atoms with van der Waals surface area (Å²) < 4.78 is 0. The molecule has 1 saturated heterocycles. The predicted octanol–water partition coefficient (Wildman–Crippen LogP) is 1.84. The van der Waals surface area contributed by atoms with E-state index in [-0.39, 0.29) is 6.61 Å². The van der Waals surface area contributed by atoms with Gasteiger partial charge in [-0.3, -0.25) is 4.90 Å². The fourth-order valence-electron chi connectivity index (χ4n) is 3.28. The Bertz CT molecular complexity index is 405. The molecular formula is C17H26N2O. The first kappa shape index (κ1) is 14.1. The van der Waals surface area contributed by atoms with E-state index in [0.717, 1.165) is 25.6 Å². The fraction of sp³-hybridized carbons (Fsp3) is 0.647. The fourth-order valence-corrected chi connectivity index (χ4v) is 3.28. The van der Waals surface area contributed by atoms with Crippen LogP contribution in [0.2, 0.25) is 0 Å². The molecule has 1 heterocycles. The van der Waals surface area contributed by atoms with Crippen LogP contribution in [0.3, 0.4) is 0 Å². The lowest BCUT2D eigenvalue weighted by atomic mass is 9.88. The molecular weight excluding hydrogens is 248 g/mol. The summed E-state index contributed by atoms with van der Waals surface area (Å²) in [5, 5.41) is 13.0. The predicted molar refractivity (Wildman–Crippen MR) is 81.8 cm³/mol. The van der Waals surface area contributed by atoms with Gasteiger partial charge in [0, 0.05) is 25.7 Å². The molecule has 0 radical (unpaired) electrons. The number of hydrogen-bond acceptors (Lipinski definition) is 3. The number of aliphatic hydroxyl groups is 1. The van der Waals surface area contributed by atoms with Gasteiger partial charge in [-0.1, -0.05) is 30.3 Å². The quantitative estimate of drug-likeness (QED) is 0.831. The number of nitrogens with zero attached hydrogens (tertiary/aromatic N) is 1. The number of piperidine rings is 1. The molecule has 3 heteroatoms. The Morgan fingerprint density at radius 2 is 1.95 bits per heavy atom. The van der Waals surface area contributed by atoms with Gasteiger partial charge >= 0.3 is 0 Å². The Morgan fingerprint density at radius 1 is 1.15 bits per heavy atom. The van der Waals surface area contributed by atoms with E-state index >= 15 is 0 Å². The molecule has 2 fully saturated rings. The van der Waals surface area contributed by atoms with E-state index in [0.29, 0.717) is 12.0 Å². The third-order valence-corrected chi connectivity index (χ3v) is 4.61. The van der Waals surface area contributed by atoms with Crippen molar-refractivity contribution in [1.82, 2.24) is 10.2 Å². The van der Waals surface area contributed by atoms with E-state index in [9.17, 15) is 5.11 Å². The molecule has 1 aliphatic heterocycles. The summed E-state index contributed by atoms with van der Waals surface area (Å²) in [4.78, 5) is 2.41. The molecule has 2 atom stereocenters. The molecule has 1 saturated carbocycles. The highest BCUT2D eigenvalue weighted by molar-refractivity contribution is 5.21. The van der Waals surface area contributed by atoms with Crippen LogP contribution in [0.15, 0.2) is 30.3 Å². The van der Waals surface area contributed by atoms with Crippen molar-refractivity contribution in [2.75, 3.05) is 32.8 Å². The molecule has 2 N–H and O–H groups in total. The van der Waals surface area contributed by atoms with Crippen molar-refractivity contribution >= 4 is 0 Å². The van der Waals surface area contributed by atoms with E-state index in [2.05, 4.69) is 40.5 Å². The lowest BCUT2D eigenvalue weighted by Gasteiger charge is -2.38. The highest BCUT2D eigenvalue weighted by Gasteiger charge is 2.29. The summed E-state index contributed by atoms with van der Waals surface area (Å²) in [6.45, 7) is 4.39. The molecule has 1 aliphatic carbocycles. The van der Waals surface area contributed by atoms with Gasteiger partial charge in [0.1, 0.15) is 0 Å². The average molecular weight is 274 g/mol. The van der Waals surface area contributed by atoms with Crippen LogP contribution < -0.4 is 5.32 Å². The van der Waals surface area contributed by atoms with Crippen molar-refractivity contribution in [3.8, 4) is 0 Å². The minimum atomic E-state index is 0.261. The first-order chi connectivity index (χ1) is 9.85. The summed E-state index contributed by atoms with van der Waals surface area (Å²) in [5.41, 5.74) is 1.44. The second kappa shape index (κ2) is 6.70. The normalized spacial score (nSPS) is 27.6. The van der Waals surface area contributed by atoms with Crippen LogP contribution in [-0.4, -0.2) is 48.8 Å². The van der Waals surface area contributed by atoms with Crippen molar-refractivity contribution in [2.45, 2.75) is 31.2 Å². The molecule has 0 amide bonds. The van der Waals surface area contributed by atoms with Crippen molar-refractivity contribution in [3.05, 3.63) is 35.9 Å². The molecule has 0 bridgehead atoms. The molecule has 2 aliphatic rings. The Morgan fingerprint density at radius 3 is 2.65 bits per heavy atom. The number of aliphatic hydroxyl groups excluding tert-OH is 1. The van der Waals surface area contributed by atoms with Gasteiger partial charge in [-0.15, -0.1) is 0 Å². The van der Waals surface area contributed by atoms with Crippen LogP contribution in [0.5, 0.6) is 0 Å². The monoisotopic (exact) mass is 274 g/mol. The maximum absolute atomic E-state index is 9.23.